The second kappa shape index (κ2) is 22.1. The molecule has 0 aliphatic carbocycles. The number of H-pyrrole nitrogens is 1. The van der Waals surface area contributed by atoms with Crippen molar-refractivity contribution in [2.24, 2.45) is 5.92 Å². The fourth-order valence-corrected chi connectivity index (χ4v) is 5.80. The highest BCUT2D eigenvalue weighted by molar-refractivity contribution is 5.93. The first-order valence-corrected chi connectivity index (χ1v) is 18.9. The number of hydrogen-bond acceptors (Lipinski definition) is 13. The molecule has 7 N–H and O–H groups in total. The number of aromatic nitrogens is 2. The molecule has 0 saturated carbocycles. The molecule has 1 aliphatic heterocycles. The number of alkyl carbamates (subject to hydrolysis) is 2. The predicted molar refractivity (Wildman–Crippen MR) is 205 cm³/mol. The van der Waals surface area contributed by atoms with Crippen LogP contribution in [0.3, 0.4) is 0 Å². The van der Waals surface area contributed by atoms with E-state index in [2.05, 4.69) is 21.3 Å². The number of aliphatic hydroxyl groups excluding tert-OH is 2. The lowest BCUT2D eigenvalue weighted by molar-refractivity contribution is -0.153. The zero-order valence-electron chi connectivity index (χ0n) is 32.6. The molecule has 1 aromatic heterocycles. The maximum atomic E-state index is 13.8. The zero-order valence-corrected chi connectivity index (χ0v) is 32.6. The first-order valence-electron chi connectivity index (χ1n) is 18.9. The van der Waals surface area contributed by atoms with Crippen molar-refractivity contribution in [3.8, 4) is 0 Å². The summed E-state index contributed by atoms with van der Waals surface area (Å²) in [6.45, 7) is 4.17. The molecule has 59 heavy (non-hydrogen) atoms. The number of aromatic amines is 1. The Hall–Kier alpha value is -6.12. The molecule has 0 spiro atoms. The lowest BCUT2D eigenvalue weighted by Crippen LogP contribution is -2.57. The van der Waals surface area contributed by atoms with E-state index in [1.165, 1.54) is 6.92 Å². The van der Waals surface area contributed by atoms with Crippen LogP contribution in [0.2, 0.25) is 0 Å². The number of nitrogens with one attached hydrogen (secondary N) is 5. The number of rotatable bonds is 19. The highest BCUT2D eigenvalue weighted by atomic mass is 19.1. The number of esters is 1. The van der Waals surface area contributed by atoms with Crippen LogP contribution < -0.4 is 32.5 Å². The predicted octanol–water partition coefficient (Wildman–Crippen LogP) is 0.875. The number of ether oxygens (including phenoxy) is 4. The van der Waals surface area contributed by atoms with Crippen molar-refractivity contribution in [3.63, 3.8) is 0 Å². The molecular weight excluding hydrogens is 779 g/mol. The normalized spacial score (nSPS) is 18.8. The summed E-state index contributed by atoms with van der Waals surface area (Å²) in [6.07, 6.45) is -6.64. The molecule has 1 fully saturated rings. The Morgan fingerprint density at radius 1 is 0.814 bits per heavy atom. The number of nitrogens with zero attached hydrogens (tertiary/aromatic N) is 1. The zero-order chi connectivity index (χ0) is 43.1. The van der Waals surface area contributed by atoms with E-state index < -0.39 is 102 Å². The average Bonchev–Trinajstić information content (AvgIpc) is 3.50. The molecule has 4 rings (SSSR count). The van der Waals surface area contributed by atoms with E-state index in [-0.39, 0.29) is 26.2 Å². The summed E-state index contributed by atoms with van der Waals surface area (Å²) in [7, 11) is 0. The van der Waals surface area contributed by atoms with Crippen LogP contribution in [0.1, 0.15) is 57.4 Å². The molecule has 3 aromatic rings. The van der Waals surface area contributed by atoms with Crippen molar-refractivity contribution in [3.05, 3.63) is 105 Å². The summed E-state index contributed by atoms with van der Waals surface area (Å²) in [5, 5.41) is 31.1. The van der Waals surface area contributed by atoms with Gasteiger partial charge in [0.2, 0.25) is 17.6 Å². The highest BCUT2D eigenvalue weighted by Gasteiger charge is 2.45. The molecule has 1 saturated heterocycles. The number of halogens is 1. The quantitative estimate of drug-likeness (QED) is 0.0503. The Balaban J connectivity index is 1.30. The fraction of sp³-hybridized carbons (Fsp3) is 0.462. The van der Waals surface area contributed by atoms with Gasteiger partial charge in [-0.2, -0.15) is 4.39 Å². The summed E-state index contributed by atoms with van der Waals surface area (Å²) >= 11 is 0. The number of carbonyl (C=O) groups is 5. The van der Waals surface area contributed by atoms with Crippen LogP contribution in [0.4, 0.5) is 14.0 Å². The van der Waals surface area contributed by atoms with Crippen LogP contribution in [0, 0.1) is 11.7 Å². The number of benzene rings is 2. The third-order valence-corrected chi connectivity index (χ3v) is 9.11. The van der Waals surface area contributed by atoms with E-state index in [1.807, 2.05) is 30.3 Å². The van der Waals surface area contributed by atoms with Gasteiger partial charge >= 0.3 is 23.8 Å². The SMILES string of the molecule is CC(C)[C@H](NC(=O)[C@H](CCCCNC(=O)OCc1ccccc1)NC(=O)OCc1ccccc1)C(=O)N[C@@H](C)C(=O)OC[C@H]1O[C@@H](n2cc(F)c(=O)[nH]c2=O)[C@H](O)[C@@H]1O. The minimum absolute atomic E-state index is 0.0663. The Bertz CT molecular complexity index is 2000. The number of amides is 4. The van der Waals surface area contributed by atoms with Gasteiger partial charge in [-0.15, -0.1) is 0 Å². The van der Waals surface area contributed by atoms with Crippen LogP contribution in [-0.2, 0) is 46.5 Å². The van der Waals surface area contributed by atoms with Crippen LogP contribution in [-0.4, -0.2) is 99.3 Å². The molecule has 2 heterocycles. The fourth-order valence-electron chi connectivity index (χ4n) is 5.80. The van der Waals surface area contributed by atoms with Crippen LogP contribution >= 0.6 is 0 Å². The molecule has 0 bridgehead atoms. The van der Waals surface area contributed by atoms with Gasteiger partial charge in [0.25, 0.3) is 5.56 Å². The van der Waals surface area contributed by atoms with Crippen molar-refractivity contribution < 1.29 is 57.5 Å². The number of aliphatic hydroxyl groups is 2. The third-order valence-electron chi connectivity index (χ3n) is 9.11. The van der Waals surface area contributed by atoms with Crippen molar-refractivity contribution >= 4 is 30.0 Å². The number of carbonyl (C=O) groups excluding carboxylic acids is 5. The lowest BCUT2D eigenvalue weighted by atomic mass is 10.0. The molecule has 0 unspecified atom stereocenters. The van der Waals surface area contributed by atoms with Gasteiger partial charge in [0, 0.05) is 6.54 Å². The van der Waals surface area contributed by atoms with Gasteiger partial charge in [0.15, 0.2) is 6.23 Å². The number of unbranched alkanes of at least 4 members (excludes halogenated alkanes) is 1. The first kappa shape index (κ1) is 45.6. The van der Waals surface area contributed by atoms with E-state index in [9.17, 15) is 48.2 Å². The maximum Gasteiger partial charge on any atom is 0.408 e. The highest BCUT2D eigenvalue weighted by Crippen LogP contribution is 2.28. The van der Waals surface area contributed by atoms with Crippen LogP contribution in [0.25, 0.3) is 0 Å². The summed E-state index contributed by atoms with van der Waals surface area (Å²) in [4.78, 5) is 90.1. The average molecular weight is 829 g/mol. The van der Waals surface area contributed by atoms with Crippen molar-refractivity contribution in [1.29, 1.82) is 0 Å². The maximum absolute atomic E-state index is 13.8. The topological polar surface area (TPSA) is 266 Å². The summed E-state index contributed by atoms with van der Waals surface area (Å²) in [5.41, 5.74) is -0.881. The minimum Gasteiger partial charge on any atom is -0.461 e. The van der Waals surface area contributed by atoms with E-state index in [0.717, 1.165) is 5.56 Å². The van der Waals surface area contributed by atoms with Crippen molar-refractivity contribution in [2.75, 3.05) is 13.2 Å². The van der Waals surface area contributed by atoms with Gasteiger partial charge in [-0.25, -0.2) is 19.2 Å². The molecule has 2 aromatic carbocycles. The smallest absolute Gasteiger partial charge is 0.408 e. The third kappa shape index (κ3) is 13.8. The van der Waals surface area contributed by atoms with E-state index in [4.69, 9.17) is 18.9 Å². The van der Waals surface area contributed by atoms with E-state index in [1.54, 1.807) is 49.2 Å². The van der Waals surface area contributed by atoms with E-state index >= 15 is 0 Å². The standard InChI is InChI=1S/C39H49FN6O13/c1-22(2)29(34(51)42-23(3)36(52)56-21-28-30(47)31(48)35(59-28)46-18-26(40)32(49)45-37(46)53)44-33(50)27(43-39(55)58-20-25-14-8-5-9-15-25)16-10-11-17-41-38(54)57-19-24-12-6-4-7-13-24/h4-9,12-15,18,22-23,27-31,35,47-48H,10-11,16-17,19-21H2,1-3H3,(H,41,54)(H,42,51)(H,43,55)(H,44,50)(H,45,49,53)/t23-,27-,28+,29-,30+,31+,35+/m0/s1. The molecule has 19 nitrogen and oxygen atoms in total. The van der Waals surface area contributed by atoms with Crippen LogP contribution in [0.5, 0.6) is 0 Å². The van der Waals surface area contributed by atoms with Gasteiger partial charge in [0.1, 0.15) is 56.3 Å². The monoisotopic (exact) mass is 828 g/mol. The summed E-state index contributed by atoms with van der Waals surface area (Å²) in [6, 6.07) is 14.3. The Morgan fingerprint density at radius 2 is 1.42 bits per heavy atom. The van der Waals surface area contributed by atoms with Crippen molar-refractivity contribution in [1.82, 2.24) is 30.8 Å². The van der Waals surface area contributed by atoms with Gasteiger partial charge in [-0.1, -0.05) is 74.5 Å². The van der Waals surface area contributed by atoms with Gasteiger partial charge in [0.05, 0.1) is 6.20 Å². The van der Waals surface area contributed by atoms with Crippen molar-refractivity contribution in [2.45, 2.75) is 95.9 Å². The lowest BCUT2D eigenvalue weighted by Gasteiger charge is -2.26. The Kier molecular flexibility index (Phi) is 17.1. The van der Waals surface area contributed by atoms with E-state index in [0.29, 0.717) is 29.2 Å². The molecule has 1 aliphatic rings. The molecule has 4 amide bonds. The van der Waals surface area contributed by atoms with Gasteiger partial charge < -0.3 is 50.4 Å². The van der Waals surface area contributed by atoms with Crippen LogP contribution in [0.15, 0.2) is 76.4 Å². The molecular formula is C39H49FN6O13. The molecule has 20 heteroatoms. The second-order valence-corrected chi connectivity index (χ2v) is 14.0. The Labute approximate surface area is 337 Å². The second-order valence-electron chi connectivity index (χ2n) is 14.0. The van der Waals surface area contributed by atoms with Gasteiger partial charge in [-0.05, 0) is 43.2 Å². The Morgan fingerprint density at radius 3 is 2.03 bits per heavy atom. The first-order chi connectivity index (χ1) is 28.1. The van der Waals surface area contributed by atoms with Gasteiger partial charge in [-0.3, -0.25) is 23.9 Å². The molecule has 7 atom stereocenters. The summed E-state index contributed by atoms with van der Waals surface area (Å²) < 4.78 is 35.5. The minimum atomic E-state index is -1.77. The summed E-state index contributed by atoms with van der Waals surface area (Å²) in [5.74, 6) is -4.34. The molecule has 320 valence electrons. The molecule has 0 radical (unpaired) electrons. The number of hydrogen-bond donors (Lipinski definition) is 7. The largest absolute Gasteiger partial charge is 0.461 e.